The maximum absolute atomic E-state index is 13.2. The molecule has 2 aromatic heterocycles. The maximum Gasteiger partial charge on any atom is 0.335 e. The van der Waals surface area contributed by atoms with Crippen LogP contribution in [0.3, 0.4) is 0 Å². The van der Waals surface area contributed by atoms with Gasteiger partial charge in [0.15, 0.2) is 5.65 Å². The fourth-order valence-electron chi connectivity index (χ4n) is 3.17. The Morgan fingerprint density at radius 2 is 1.89 bits per heavy atom. The number of carbonyl (C=O) groups is 1. The number of anilines is 1. The summed E-state index contributed by atoms with van der Waals surface area (Å²) in [6.07, 6.45) is 1.66. The third kappa shape index (κ3) is 3.42. The van der Waals surface area contributed by atoms with Gasteiger partial charge in [-0.3, -0.25) is 9.36 Å². The molecule has 0 unspecified atom stereocenters. The molecule has 0 aliphatic rings. The summed E-state index contributed by atoms with van der Waals surface area (Å²) in [4.78, 5) is 28.8. The van der Waals surface area contributed by atoms with Crippen LogP contribution in [0.5, 0.6) is 0 Å². The normalized spacial score (nSPS) is 10.9. The molecule has 4 aromatic rings. The minimum atomic E-state index is -0.193. The highest BCUT2D eigenvalue weighted by Crippen LogP contribution is 2.20. The first-order chi connectivity index (χ1) is 13.5. The van der Waals surface area contributed by atoms with Crippen molar-refractivity contribution in [3.63, 3.8) is 0 Å². The molecule has 0 bridgehead atoms. The van der Waals surface area contributed by atoms with Crippen molar-refractivity contribution < 1.29 is 4.79 Å². The van der Waals surface area contributed by atoms with Crippen LogP contribution in [0.1, 0.15) is 12.5 Å². The first-order valence-electron chi connectivity index (χ1n) is 8.71. The fourth-order valence-corrected chi connectivity index (χ4v) is 3.35. The molecular formula is C21H17ClN4O2. The summed E-state index contributed by atoms with van der Waals surface area (Å²) in [6, 6.07) is 18.2. The third-order valence-corrected chi connectivity index (χ3v) is 4.61. The lowest BCUT2D eigenvalue weighted by molar-refractivity contribution is -0.114. The van der Waals surface area contributed by atoms with Gasteiger partial charge in [-0.2, -0.15) is 0 Å². The van der Waals surface area contributed by atoms with Gasteiger partial charge in [0.1, 0.15) is 0 Å². The number of rotatable bonds is 4. The lowest BCUT2D eigenvalue weighted by atomic mass is 10.2. The van der Waals surface area contributed by atoms with Crippen LogP contribution in [0.2, 0.25) is 5.02 Å². The first kappa shape index (κ1) is 18.0. The van der Waals surface area contributed by atoms with Gasteiger partial charge in [-0.1, -0.05) is 29.8 Å². The van der Waals surface area contributed by atoms with E-state index in [-0.39, 0.29) is 11.6 Å². The number of benzene rings is 2. The number of hydrogen-bond acceptors (Lipinski definition) is 3. The van der Waals surface area contributed by atoms with E-state index in [0.717, 1.165) is 11.1 Å². The summed E-state index contributed by atoms with van der Waals surface area (Å²) in [6.45, 7) is 1.85. The number of nitrogens with one attached hydrogen (secondary N) is 1. The molecule has 0 radical (unpaired) electrons. The largest absolute Gasteiger partial charge is 0.335 e. The van der Waals surface area contributed by atoms with Crippen molar-refractivity contribution in [3.05, 3.63) is 87.9 Å². The minimum absolute atomic E-state index is 0.125. The van der Waals surface area contributed by atoms with Crippen molar-refractivity contribution in [2.24, 2.45) is 0 Å². The van der Waals surface area contributed by atoms with Gasteiger partial charge >= 0.3 is 5.69 Å². The Morgan fingerprint density at radius 3 is 2.61 bits per heavy atom. The van der Waals surface area contributed by atoms with E-state index in [1.54, 1.807) is 39.6 Å². The number of pyridine rings is 1. The predicted molar refractivity (Wildman–Crippen MR) is 110 cm³/mol. The number of amides is 1. The van der Waals surface area contributed by atoms with Crippen molar-refractivity contribution >= 4 is 34.4 Å². The number of nitrogens with zero attached hydrogens (tertiary/aromatic N) is 3. The molecule has 0 saturated carbocycles. The van der Waals surface area contributed by atoms with Crippen LogP contribution in [0.4, 0.5) is 5.69 Å². The van der Waals surface area contributed by atoms with Gasteiger partial charge in [0, 0.05) is 23.8 Å². The zero-order chi connectivity index (χ0) is 19.7. The molecule has 1 N–H and O–H groups in total. The molecule has 7 heteroatoms. The van der Waals surface area contributed by atoms with E-state index < -0.39 is 0 Å². The summed E-state index contributed by atoms with van der Waals surface area (Å²) in [5.74, 6) is -0.125. The number of halogens is 1. The van der Waals surface area contributed by atoms with E-state index in [9.17, 15) is 9.59 Å². The molecule has 140 valence electrons. The molecule has 0 fully saturated rings. The Balaban J connectivity index is 1.79. The summed E-state index contributed by atoms with van der Waals surface area (Å²) in [5.41, 5.74) is 3.43. The summed E-state index contributed by atoms with van der Waals surface area (Å²) >= 11 is 6.11. The highest BCUT2D eigenvalue weighted by atomic mass is 35.5. The number of hydrogen-bond donors (Lipinski definition) is 1. The Bertz CT molecular complexity index is 1230. The molecule has 1 amide bonds. The third-order valence-electron chi connectivity index (χ3n) is 4.37. The minimum Gasteiger partial charge on any atom is -0.326 e. The molecule has 0 aliphatic heterocycles. The topological polar surface area (TPSA) is 68.9 Å². The highest BCUT2D eigenvalue weighted by Gasteiger charge is 2.16. The molecular weight excluding hydrogens is 376 g/mol. The quantitative estimate of drug-likeness (QED) is 0.573. The van der Waals surface area contributed by atoms with Gasteiger partial charge < -0.3 is 5.32 Å². The van der Waals surface area contributed by atoms with E-state index in [1.807, 2.05) is 36.4 Å². The van der Waals surface area contributed by atoms with Crippen molar-refractivity contribution in [2.75, 3.05) is 5.32 Å². The van der Waals surface area contributed by atoms with Crippen LogP contribution in [0, 0.1) is 0 Å². The molecule has 4 rings (SSSR count). The van der Waals surface area contributed by atoms with Gasteiger partial charge in [-0.05, 0) is 48.0 Å². The molecule has 2 heterocycles. The van der Waals surface area contributed by atoms with Crippen LogP contribution < -0.4 is 11.0 Å². The first-order valence-corrected chi connectivity index (χ1v) is 9.09. The smallest absolute Gasteiger partial charge is 0.326 e. The van der Waals surface area contributed by atoms with Crippen LogP contribution in [-0.2, 0) is 11.3 Å². The van der Waals surface area contributed by atoms with Gasteiger partial charge in [0.25, 0.3) is 0 Å². The van der Waals surface area contributed by atoms with Gasteiger partial charge in [0.05, 0.1) is 17.7 Å². The summed E-state index contributed by atoms with van der Waals surface area (Å²) in [7, 11) is 0. The Morgan fingerprint density at radius 1 is 1.11 bits per heavy atom. The standard InChI is InChI=1S/C21H17ClN4O2/c1-14(27)24-17-9-7-15(8-10-17)13-25-19-6-3-11-23-20(19)26(21(25)28)18-5-2-4-16(22)12-18/h2-12H,13H2,1H3,(H,24,27). The lowest BCUT2D eigenvalue weighted by Gasteiger charge is -2.06. The summed E-state index contributed by atoms with van der Waals surface area (Å²) < 4.78 is 3.24. The molecule has 0 atom stereocenters. The lowest BCUT2D eigenvalue weighted by Crippen LogP contribution is -2.23. The van der Waals surface area contributed by atoms with Crippen molar-refractivity contribution in [3.8, 4) is 5.69 Å². The zero-order valence-electron chi connectivity index (χ0n) is 15.1. The Labute approximate surface area is 166 Å². The van der Waals surface area contributed by atoms with E-state index in [4.69, 9.17) is 11.6 Å². The molecule has 2 aromatic carbocycles. The van der Waals surface area contributed by atoms with Crippen LogP contribution in [0.15, 0.2) is 71.7 Å². The summed E-state index contributed by atoms with van der Waals surface area (Å²) in [5, 5.41) is 3.28. The average Bonchev–Trinajstić information content (AvgIpc) is 2.95. The van der Waals surface area contributed by atoms with Crippen molar-refractivity contribution in [2.45, 2.75) is 13.5 Å². The SMILES string of the molecule is CC(=O)Nc1ccc(Cn2c(=O)n(-c3cccc(Cl)c3)c3ncccc32)cc1. The van der Waals surface area contributed by atoms with Gasteiger partial charge in [0.2, 0.25) is 5.91 Å². The van der Waals surface area contributed by atoms with E-state index in [1.165, 1.54) is 6.92 Å². The van der Waals surface area contributed by atoms with E-state index in [2.05, 4.69) is 10.3 Å². The van der Waals surface area contributed by atoms with Crippen molar-refractivity contribution in [1.82, 2.24) is 14.1 Å². The predicted octanol–water partition coefficient (Wildman–Crippen LogP) is 3.85. The Hall–Kier alpha value is -3.38. The second-order valence-electron chi connectivity index (χ2n) is 6.41. The van der Waals surface area contributed by atoms with Crippen molar-refractivity contribution in [1.29, 1.82) is 0 Å². The van der Waals surface area contributed by atoms with Crippen LogP contribution >= 0.6 is 11.6 Å². The van der Waals surface area contributed by atoms with Crippen LogP contribution in [0.25, 0.3) is 16.9 Å². The van der Waals surface area contributed by atoms with E-state index >= 15 is 0 Å². The number of imidazole rings is 1. The van der Waals surface area contributed by atoms with Crippen LogP contribution in [-0.4, -0.2) is 20.0 Å². The maximum atomic E-state index is 13.2. The number of fused-ring (bicyclic) bond motifs is 1. The zero-order valence-corrected chi connectivity index (χ0v) is 15.8. The average molecular weight is 393 g/mol. The second-order valence-corrected chi connectivity index (χ2v) is 6.84. The van der Waals surface area contributed by atoms with Gasteiger partial charge in [-0.15, -0.1) is 0 Å². The molecule has 0 spiro atoms. The second kappa shape index (κ2) is 7.32. The van der Waals surface area contributed by atoms with E-state index in [0.29, 0.717) is 28.6 Å². The monoisotopic (exact) mass is 392 g/mol. The van der Waals surface area contributed by atoms with Gasteiger partial charge in [-0.25, -0.2) is 14.3 Å². The molecule has 28 heavy (non-hydrogen) atoms. The number of aromatic nitrogens is 3. The molecule has 6 nitrogen and oxygen atoms in total. The molecule has 0 saturated heterocycles. The number of carbonyl (C=O) groups excluding carboxylic acids is 1. The highest BCUT2D eigenvalue weighted by molar-refractivity contribution is 6.30. The fraction of sp³-hybridized carbons (Fsp3) is 0.0952. The Kier molecular flexibility index (Phi) is 4.71. The molecule has 0 aliphatic carbocycles.